The second kappa shape index (κ2) is 3.74. The van der Waals surface area contributed by atoms with Crippen molar-refractivity contribution < 1.29 is 9.59 Å². The van der Waals surface area contributed by atoms with Crippen LogP contribution in [0.2, 0.25) is 0 Å². The van der Waals surface area contributed by atoms with E-state index in [0.29, 0.717) is 6.42 Å². The average molecular weight is 217 g/mol. The van der Waals surface area contributed by atoms with Crippen molar-refractivity contribution in [2.75, 3.05) is 0 Å². The molecule has 1 N–H and O–H groups in total. The molecule has 1 saturated heterocycles. The van der Waals surface area contributed by atoms with Gasteiger partial charge in [-0.25, -0.2) is 0 Å². The van der Waals surface area contributed by atoms with Gasteiger partial charge in [-0.3, -0.25) is 14.9 Å². The van der Waals surface area contributed by atoms with Gasteiger partial charge in [-0.1, -0.05) is 36.8 Å². The maximum absolute atomic E-state index is 11.9. The number of hydrogen-bond acceptors (Lipinski definition) is 2. The fourth-order valence-electron chi connectivity index (χ4n) is 2.24. The van der Waals surface area contributed by atoms with Gasteiger partial charge in [0.05, 0.1) is 5.41 Å². The molecule has 2 amide bonds. The number of benzene rings is 1. The summed E-state index contributed by atoms with van der Waals surface area (Å²) in [4.78, 5) is 23.2. The molecule has 3 heteroatoms. The smallest absolute Gasteiger partial charge is 0.237 e. The van der Waals surface area contributed by atoms with Gasteiger partial charge in [0.1, 0.15) is 0 Å². The Bertz CT molecular complexity index is 436. The SMILES string of the molecule is CCC1(c2ccc(C)cc2)CC(=O)NC1=O. The van der Waals surface area contributed by atoms with Gasteiger partial charge in [-0.2, -0.15) is 0 Å². The Labute approximate surface area is 94.9 Å². The van der Waals surface area contributed by atoms with E-state index in [1.54, 1.807) is 0 Å². The molecular formula is C13H15NO2. The van der Waals surface area contributed by atoms with Crippen molar-refractivity contribution in [1.29, 1.82) is 0 Å². The van der Waals surface area contributed by atoms with Crippen LogP contribution in [0.1, 0.15) is 30.9 Å². The minimum absolute atomic E-state index is 0.163. The number of carbonyl (C=O) groups is 2. The first kappa shape index (κ1) is 10.9. The lowest BCUT2D eigenvalue weighted by Crippen LogP contribution is -2.34. The number of imide groups is 1. The summed E-state index contributed by atoms with van der Waals surface area (Å²) >= 11 is 0. The third-order valence-electron chi connectivity index (χ3n) is 3.36. The van der Waals surface area contributed by atoms with Crippen molar-refractivity contribution in [3.63, 3.8) is 0 Å². The molecule has 0 aromatic heterocycles. The molecule has 16 heavy (non-hydrogen) atoms. The highest BCUT2D eigenvalue weighted by molar-refractivity contribution is 6.09. The lowest BCUT2D eigenvalue weighted by atomic mass is 9.76. The van der Waals surface area contributed by atoms with E-state index in [4.69, 9.17) is 0 Å². The fraction of sp³-hybridized carbons (Fsp3) is 0.385. The highest BCUT2D eigenvalue weighted by Crippen LogP contribution is 2.35. The van der Waals surface area contributed by atoms with E-state index in [-0.39, 0.29) is 18.2 Å². The van der Waals surface area contributed by atoms with Crippen molar-refractivity contribution in [2.24, 2.45) is 0 Å². The molecule has 1 atom stereocenters. The Hall–Kier alpha value is -1.64. The molecule has 2 rings (SSSR count). The van der Waals surface area contributed by atoms with Gasteiger partial charge in [0.25, 0.3) is 0 Å². The monoisotopic (exact) mass is 217 g/mol. The van der Waals surface area contributed by atoms with E-state index in [1.807, 2.05) is 38.1 Å². The largest absolute Gasteiger partial charge is 0.296 e. The van der Waals surface area contributed by atoms with E-state index in [0.717, 1.165) is 11.1 Å². The minimum atomic E-state index is -0.648. The summed E-state index contributed by atoms with van der Waals surface area (Å²) in [6.45, 7) is 3.94. The molecule has 1 aliphatic heterocycles. The van der Waals surface area contributed by atoms with E-state index in [2.05, 4.69) is 5.32 Å². The van der Waals surface area contributed by atoms with Crippen LogP contribution in [0.4, 0.5) is 0 Å². The van der Waals surface area contributed by atoms with Crippen molar-refractivity contribution >= 4 is 11.8 Å². The van der Waals surface area contributed by atoms with Gasteiger partial charge in [-0.05, 0) is 18.9 Å². The molecule has 0 bridgehead atoms. The van der Waals surface area contributed by atoms with E-state index in [9.17, 15) is 9.59 Å². The Morgan fingerprint density at radius 2 is 1.88 bits per heavy atom. The lowest BCUT2D eigenvalue weighted by Gasteiger charge is -2.24. The Balaban J connectivity index is 2.46. The molecule has 3 nitrogen and oxygen atoms in total. The molecule has 1 aromatic carbocycles. The molecule has 1 aliphatic rings. The average Bonchev–Trinajstić information content (AvgIpc) is 2.55. The van der Waals surface area contributed by atoms with Crippen LogP contribution in [0.25, 0.3) is 0 Å². The highest BCUT2D eigenvalue weighted by Gasteiger charge is 2.46. The zero-order valence-electron chi connectivity index (χ0n) is 9.54. The first-order valence-electron chi connectivity index (χ1n) is 5.50. The van der Waals surface area contributed by atoms with Crippen molar-refractivity contribution in [1.82, 2.24) is 5.32 Å². The summed E-state index contributed by atoms with van der Waals surface area (Å²) < 4.78 is 0. The van der Waals surface area contributed by atoms with Crippen LogP contribution in [0.3, 0.4) is 0 Å². The molecule has 1 heterocycles. The molecule has 1 aromatic rings. The predicted octanol–water partition coefficient (Wildman–Crippen LogP) is 1.69. The third-order valence-corrected chi connectivity index (χ3v) is 3.36. The normalized spacial score (nSPS) is 24.6. The van der Waals surface area contributed by atoms with Crippen LogP contribution < -0.4 is 5.32 Å². The third kappa shape index (κ3) is 1.52. The van der Waals surface area contributed by atoms with Gasteiger partial charge in [-0.15, -0.1) is 0 Å². The predicted molar refractivity (Wildman–Crippen MR) is 60.9 cm³/mol. The second-order valence-electron chi connectivity index (χ2n) is 4.36. The molecular weight excluding hydrogens is 202 g/mol. The molecule has 1 fully saturated rings. The summed E-state index contributed by atoms with van der Waals surface area (Å²) in [5, 5.41) is 2.39. The number of nitrogens with one attached hydrogen (secondary N) is 1. The van der Waals surface area contributed by atoms with E-state index < -0.39 is 5.41 Å². The Morgan fingerprint density at radius 1 is 1.25 bits per heavy atom. The Morgan fingerprint density at radius 3 is 2.31 bits per heavy atom. The fourth-order valence-corrected chi connectivity index (χ4v) is 2.24. The zero-order chi connectivity index (χ0) is 11.8. The highest BCUT2D eigenvalue weighted by atomic mass is 16.2. The summed E-state index contributed by atoms with van der Waals surface area (Å²) in [7, 11) is 0. The molecule has 0 saturated carbocycles. The van der Waals surface area contributed by atoms with Crippen molar-refractivity contribution in [3.8, 4) is 0 Å². The maximum atomic E-state index is 11.9. The molecule has 0 spiro atoms. The standard InChI is InChI=1S/C13H15NO2/c1-3-13(8-11(15)14-12(13)16)10-6-4-9(2)5-7-10/h4-7H,3,8H2,1-2H3,(H,14,15,16). The van der Waals surface area contributed by atoms with Crippen LogP contribution in [0, 0.1) is 6.92 Å². The first-order valence-corrected chi connectivity index (χ1v) is 5.50. The maximum Gasteiger partial charge on any atom is 0.237 e. The molecule has 84 valence electrons. The molecule has 1 unspecified atom stereocenters. The topological polar surface area (TPSA) is 46.2 Å². The number of amides is 2. The van der Waals surface area contributed by atoms with Gasteiger partial charge in [0, 0.05) is 6.42 Å². The minimum Gasteiger partial charge on any atom is -0.296 e. The molecule has 0 radical (unpaired) electrons. The quantitative estimate of drug-likeness (QED) is 0.766. The van der Waals surface area contributed by atoms with Crippen LogP contribution in [-0.2, 0) is 15.0 Å². The van der Waals surface area contributed by atoms with Gasteiger partial charge >= 0.3 is 0 Å². The summed E-state index contributed by atoms with van der Waals surface area (Å²) in [6, 6.07) is 7.83. The molecule has 0 aliphatic carbocycles. The number of carbonyl (C=O) groups excluding carboxylic acids is 2. The van der Waals surface area contributed by atoms with Crippen LogP contribution in [0.15, 0.2) is 24.3 Å². The van der Waals surface area contributed by atoms with Gasteiger partial charge in [0.2, 0.25) is 11.8 Å². The number of rotatable bonds is 2. The van der Waals surface area contributed by atoms with Gasteiger partial charge < -0.3 is 0 Å². The van der Waals surface area contributed by atoms with Crippen molar-refractivity contribution in [2.45, 2.75) is 32.1 Å². The van der Waals surface area contributed by atoms with Crippen LogP contribution in [-0.4, -0.2) is 11.8 Å². The van der Waals surface area contributed by atoms with Crippen molar-refractivity contribution in [3.05, 3.63) is 35.4 Å². The summed E-state index contributed by atoms with van der Waals surface area (Å²) in [6.07, 6.45) is 0.916. The number of hydrogen-bond donors (Lipinski definition) is 1. The Kier molecular flexibility index (Phi) is 2.54. The zero-order valence-corrected chi connectivity index (χ0v) is 9.54. The lowest BCUT2D eigenvalue weighted by molar-refractivity contribution is -0.126. The first-order chi connectivity index (χ1) is 7.58. The van der Waals surface area contributed by atoms with Crippen LogP contribution in [0.5, 0.6) is 0 Å². The number of aryl methyl sites for hydroxylation is 1. The summed E-state index contributed by atoms with van der Waals surface area (Å²) in [5.41, 5.74) is 1.44. The van der Waals surface area contributed by atoms with E-state index in [1.165, 1.54) is 0 Å². The van der Waals surface area contributed by atoms with Crippen LogP contribution >= 0.6 is 0 Å². The summed E-state index contributed by atoms with van der Waals surface area (Å²) in [5.74, 6) is -0.337. The van der Waals surface area contributed by atoms with E-state index >= 15 is 0 Å². The second-order valence-corrected chi connectivity index (χ2v) is 4.36. The van der Waals surface area contributed by atoms with Gasteiger partial charge in [0.15, 0.2) is 0 Å².